The van der Waals surface area contributed by atoms with Gasteiger partial charge in [-0.2, -0.15) is 5.10 Å². The monoisotopic (exact) mass is 313 g/mol. The molecule has 1 aliphatic rings. The highest BCUT2D eigenvalue weighted by Crippen LogP contribution is 2.27. The Hall–Kier alpha value is -0.350. The third-order valence-corrected chi connectivity index (χ3v) is 5.24. The normalized spacial score (nSPS) is 19.1. The molecule has 0 spiro atoms. The zero-order chi connectivity index (χ0) is 13.1. The van der Waals surface area contributed by atoms with Gasteiger partial charge in [0, 0.05) is 19.6 Å². The molecule has 102 valence electrons. The Morgan fingerprint density at radius 3 is 2.61 bits per heavy atom. The number of nitrogens with zero attached hydrogens (tertiary/aromatic N) is 2. The summed E-state index contributed by atoms with van der Waals surface area (Å²) in [5.41, 5.74) is 2.31. The summed E-state index contributed by atoms with van der Waals surface area (Å²) in [6.45, 7) is 5.26. The van der Waals surface area contributed by atoms with Crippen molar-refractivity contribution in [1.29, 1.82) is 0 Å². The summed E-state index contributed by atoms with van der Waals surface area (Å²) in [6.07, 6.45) is 7.02. The van der Waals surface area contributed by atoms with Crippen LogP contribution in [0.1, 0.15) is 50.4 Å². The van der Waals surface area contributed by atoms with Crippen LogP contribution in [0.15, 0.2) is 4.47 Å². The second-order valence-corrected chi connectivity index (χ2v) is 6.33. The molecule has 0 amide bonds. The van der Waals surface area contributed by atoms with Crippen molar-refractivity contribution < 1.29 is 0 Å². The van der Waals surface area contributed by atoms with Crippen LogP contribution in [-0.4, -0.2) is 15.8 Å². The molecule has 1 heterocycles. The van der Waals surface area contributed by atoms with Gasteiger partial charge < -0.3 is 5.32 Å². The smallest absolute Gasteiger partial charge is 0.0739 e. The van der Waals surface area contributed by atoms with Crippen LogP contribution in [0, 0.1) is 12.8 Å². The van der Waals surface area contributed by atoms with E-state index in [1.165, 1.54) is 37.8 Å². The number of hydrogen-bond acceptors (Lipinski definition) is 2. The van der Waals surface area contributed by atoms with Gasteiger partial charge in [0.05, 0.1) is 15.9 Å². The molecule has 0 aliphatic heterocycles. The number of hydrogen-bond donors (Lipinski definition) is 1. The van der Waals surface area contributed by atoms with E-state index in [9.17, 15) is 0 Å². The summed E-state index contributed by atoms with van der Waals surface area (Å²) < 4.78 is 3.12. The molecule has 0 saturated heterocycles. The Morgan fingerprint density at radius 1 is 1.39 bits per heavy atom. The van der Waals surface area contributed by atoms with Crippen LogP contribution in [0.5, 0.6) is 0 Å². The molecule has 1 aromatic heterocycles. The summed E-state index contributed by atoms with van der Waals surface area (Å²) in [4.78, 5) is 0. The lowest BCUT2D eigenvalue weighted by Gasteiger charge is -2.28. The molecule has 1 fully saturated rings. The van der Waals surface area contributed by atoms with Gasteiger partial charge in [0.1, 0.15) is 0 Å². The van der Waals surface area contributed by atoms with E-state index >= 15 is 0 Å². The minimum Gasteiger partial charge on any atom is -0.308 e. The van der Waals surface area contributed by atoms with Crippen molar-refractivity contribution in [1.82, 2.24) is 15.1 Å². The molecule has 4 heteroatoms. The minimum absolute atomic E-state index is 0.604. The van der Waals surface area contributed by atoms with Gasteiger partial charge in [0.2, 0.25) is 0 Å². The predicted molar refractivity (Wildman–Crippen MR) is 78.5 cm³/mol. The topological polar surface area (TPSA) is 29.9 Å². The number of halogens is 1. The maximum Gasteiger partial charge on any atom is 0.0739 e. The van der Waals surface area contributed by atoms with Crippen molar-refractivity contribution in [2.45, 2.75) is 58.5 Å². The van der Waals surface area contributed by atoms with E-state index < -0.39 is 0 Å². The van der Waals surface area contributed by atoms with Crippen molar-refractivity contribution >= 4 is 15.9 Å². The van der Waals surface area contributed by atoms with Gasteiger partial charge in [-0.15, -0.1) is 0 Å². The van der Waals surface area contributed by atoms with Crippen LogP contribution in [0.4, 0.5) is 0 Å². The Labute approximate surface area is 118 Å². The fourth-order valence-electron chi connectivity index (χ4n) is 2.93. The molecule has 1 atom stereocenters. The number of aromatic nitrogens is 2. The largest absolute Gasteiger partial charge is 0.308 e. The first-order chi connectivity index (χ1) is 8.59. The molecular weight excluding hydrogens is 290 g/mol. The highest BCUT2D eigenvalue weighted by Gasteiger charge is 2.20. The highest BCUT2D eigenvalue weighted by molar-refractivity contribution is 9.10. The molecule has 1 aliphatic carbocycles. The maximum atomic E-state index is 4.43. The molecule has 1 N–H and O–H groups in total. The second kappa shape index (κ2) is 6.20. The highest BCUT2D eigenvalue weighted by atomic mass is 79.9. The fourth-order valence-corrected chi connectivity index (χ4v) is 3.41. The van der Waals surface area contributed by atoms with Crippen LogP contribution in [0.25, 0.3) is 0 Å². The molecule has 2 rings (SSSR count). The van der Waals surface area contributed by atoms with E-state index in [2.05, 4.69) is 33.3 Å². The third kappa shape index (κ3) is 3.15. The summed E-state index contributed by atoms with van der Waals surface area (Å²) in [5, 5.41) is 8.10. The second-order valence-electron chi connectivity index (χ2n) is 5.54. The SMILES string of the molecule is Cc1nn(C)c(CN[C@H](C)C2CCCCC2)c1Br. The Kier molecular flexibility index (Phi) is 4.84. The van der Waals surface area contributed by atoms with Gasteiger partial charge in [-0.1, -0.05) is 19.3 Å². The molecule has 0 bridgehead atoms. The Balaban J connectivity index is 1.90. The zero-order valence-electron chi connectivity index (χ0n) is 11.7. The van der Waals surface area contributed by atoms with E-state index in [4.69, 9.17) is 0 Å². The number of aryl methyl sites for hydroxylation is 2. The van der Waals surface area contributed by atoms with Crippen LogP contribution in [0.3, 0.4) is 0 Å². The first-order valence-corrected chi connectivity index (χ1v) is 7.80. The molecule has 0 unspecified atom stereocenters. The number of nitrogens with one attached hydrogen (secondary N) is 1. The Bertz CT molecular complexity index is 394. The minimum atomic E-state index is 0.604. The first kappa shape index (κ1) is 14.1. The molecule has 0 radical (unpaired) electrons. The van der Waals surface area contributed by atoms with Crippen molar-refractivity contribution in [2.24, 2.45) is 13.0 Å². The van der Waals surface area contributed by atoms with Gasteiger partial charge in [0.25, 0.3) is 0 Å². The molecular formula is C14H24BrN3. The summed E-state index contributed by atoms with van der Waals surface area (Å²) in [7, 11) is 2.01. The van der Waals surface area contributed by atoms with Crippen molar-refractivity contribution in [3.8, 4) is 0 Å². The van der Waals surface area contributed by atoms with Crippen LogP contribution in [0.2, 0.25) is 0 Å². The zero-order valence-corrected chi connectivity index (χ0v) is 13.3. The summed E-state index contributed by atoms with van der Waals surface area (Å²) in [6, 6.07) is 0.604. The lowest BCUT2D eigenvalue weighted by molar-refractivity contribution is 0.279. The predicted octanol–water partition coefficient (Wildman–Crippen LogP) is 3.55. The van der Waals surface area contributed by atoms with Crippen molar-refractivity contribution in [2.75, 3.05) is 0 Å². The van der Waals surface area contributed by atoms with Gasteiger partial charge in [-0.25, -0.2) is 0 Å². The quantitative estimate of drug-likeness (QED) is 0.921. The van der Waals surface area contributed by atoms with Crippen LogP contribution < -0.4 is 5.32 Å². The van der Waals surface area contributed by atoms with Crippen molar-refractivity contribution in [3.05, 3.63) is 15.9 Å². The van der Waals surface area contributed by atoms with Gasteiger partial charge >= 0.3 is 0 Å². The third-order valence-electron chi connectivity index (χ3n) is 4.21. The number of rotatable bonds is 4. The van der Waals surface area contributed by atoms with E-state index in [0.29, 0.717) is 6.04 Å². The first-order valence-electron chi connectivity index (χ1n) is 7.01. The summed E-state index contributed by atoms with van der Waals surface area (Å²) in [5.74, 6) is 0.854. The van der Waals surface area contributed by atoms with Gasteiger partial charge in [-0.05, 0) is 48.5 Å². The molecule has 3 nitrogen and oxygen atoms in total. The fraction of sp³-hybridized carbons (Fsp3) is 0.786. The van der Waals surface area contributed by atoms with E-state index in [0.717, 1.165) is 22.6 Å². The molecule has 0 aromatic carbocycles. The van der Waals surface area contributed by atoms with Crippen LogP contribution in [-0.2, 0) is 13.6 Å². The van der Waals surface area contributed by atoms with E-state index in [-0.39, 0.29) is 0 Å². The standard InChI is InChI=1S/C14H24BrN3/c1-10(12-7-5-4-6-8-12)16-9-13-14(15)11(2)17-18(13)3/h10,12,16H,4-9H2,1-3H3/t10-/m1/s1. The van der Waals surface area contributed by atoms with Crippen LogP contribution >= 0.6 is 15.9 Å². The summed E-state index contributed by atoms with van der Waals surface area (Å²) >= 11 is 3.62. The lowest BCUT2D eigenvalue weighted by atomic mass is 9.84. The lowest BCUT2D eigenvalue weighted by Crippen LogP contribution is -2.34. The molecule has 1 aromatic rings. The van der Waals surface area contributed by atoms with Gasteiger partial charge in [0.15, 0.2) is 0 Å². The molecule has 1 saturated carbocycles. The van der Waals surface area contributed by atoms with Crippen molar-refractivity contribution in [3.63, 3.8) is 0 Å². The average molecular weight is 314 g/mol. The average Bonchev–Trinajstić information content (AvgIpc) is 2.62. The Morgan fingerprint density at radius 2 is 2.06 bits per heavy atom. The van der Waals surface area contributed by atoms with E-state index in [1.54, 1.807) is 0 Å². The molecule has 18 heavy (non-hydrogen) atoms. The van der Waals surface area contributed by atoms with Gasteiger partial charge in [-0.3, -0.25) is 4.68 Å². The van der Waals surface area contributed by atoms with E-state index in [1.807, 2.05) is 18.7 Å². The maximum absolute atomic E-state index is 4.43.